The van der Waals surface area contributed by atoms with Crippen LogP contribution in [0.2, 0.25) is 0 Å². The molecule has 1 aliphatic rings. The van der Waals surface area contributed by atoms with Crippen LogP contribution in [0.3, 0.4) is 0 Å². The molecule has 3 heteroatoms. The monoisotopic (exact) mass is 270 g/mol. The minimum Gasteiger partial charge on any atom is -0.487 e. The molecule has 2 atom stereocenters. The summed E-state index contributed by atoms with van der Waals surface area (Å²) in [6.07, 6.45) is 1.14. The molecule has 0 fully saturated rings. The third-order valence-electron chi connectivity index (χ3n) is 3.06. The van der Waals surface area contributed by atoms with Crippen molar-refractivity contribution in [2.45, 2.75) is 38.4 Å². The molecule has 0 radical (unpaired) electrons. The van der Waals surface area contributed by atoms with Crippen molar-refractivity contribution in [1.29, 1.82) is 0 Å². The molecule has 82 valence electrons. The Labute approximate surface area is 98.4 Å². The van der Waals surface area contributed by atoms with Crippen LogP contribution >= 0.6 is 15.9 Å². The number of hydrogen-bond acceptors (Lipinski definition) is 2. The molecule has 0 saturated heterocycles. The molecule has 2 rings (SSSR count). The van der Waals surface area contributed by atoms with Crippen molar-refractivity contribution in [3.05, 3.63) is 28.2 Å². The van der Waals surface area contributed by atoms with Crippen molar-refractivity contribution in [2.75, 3.05) is 0 Å². The van der Waals surface area contributed by atoms with Crippen LogP contribution in [0.15, 0.2) is 22.7 Å². The lowest BCUT2D eigenvalue weighted by molar-refractivity contribution is -0.00381. The minimum atomic E-state index is -0.420. The van der Waals surface area contributed by atoms with E-state index in [1.807, 2.05) is 25.1 Å². The maximum Gasteiger partial charge on any atom is 0.126 e. The van der Waals surface area contributed by atoms with Gasteiger partial charge in [0.2, 0.25) is 0 Å². The van der Waals surface area contributed by atoms with Crippen molar-refractivity contribution in [1.82, 2.24) is 0 Å². The van der Waals surface area contributed by atoms with Crippen molar-refractivity contribution in [3.8, 4) is 5.75 Å². The molecule has 0 spiro atoms. The standard InChI is InChI=1S/C12H15BrO2/c1-3-12(2)7-10(14)9-6-8(13)4-5-11(9)15-12/h4-6,10,14H,3,7H2,1-2H3/t10-,12?/m1/s1. The van der Waals surface area contributed by atoms with Gasteiger partial charge in [-0.1, -0.05) is 22.9 Å². The van der Waals surface area contributed by atoms with Crippen LogP contribution in [0.25, 0.3) is 0 Å². The van der Waals surface area contributed by atoms with E-state index in [-0.39, 0.29) is 5.60 Å². The van der Waals surface area contributed by atoms with Crippen molar-refractivity contribution >= 4 is 15.9 Å². The Kier molecular flexibility index (Phi) is 2.77. The Hall–Kier alpha value is -0.540. The molecule has 1 aliphatic heterocycles. The van der Waals surface area contributed by atoms with E-state index in [1.165, 1.54) is 0 Å². The second-order valence-electron chi connectivity index (χ2n) is 4.31. The summed E-state index contributed by atoms with van der Waals surface area (Å²) < 4.78 is 6.89. The van der Waals surface area contributed by atoms with Crippen LogP contribution in [-0.4, -0.2) is 10.7 Å². The van der Waals surface area contributed by atoms with E-state index < -0.39 is 6.10 Å². The van der Waals surface area contributed by atoms with Gasteiger partial charge >= 0.3 is 0 Å². The lowest BCUT2D eigenvalue weighted by Gasteiger charge is -2.37. The van der Waals surface area contributed by atoms with Crippen LogP contribution in [0.1, 0.15) is 38.4 Å². The lowest BCUT2D eigenvalue weighted by Crippen LogP contribution is -2.37. The van der Waals surface area contributed by atoms with Gasteiger partial charge in [-0.15, -0.1) is 0 Å². The van der Waals surface area contributed by atoms with Crippen molar-refractivity contribution in [2.24, 2.45) is 0 Å². The number of ether oxygens (including phenoxy) is 1. The number of halogens is 1. The zero-order valence-electron chi connectivity index (χ0n) is 8.96. The Morgan fingerprint density at radius 2 is 2.33 bits per heavy atom. The fraction of sp³-hybridized carbons (Fsp3) is 0.500. The van der Waals surface area contributed by atoms with Gasteiger partial charge in [-0.25, -0.2) is 0 Å². The summed E-state index contributed by atoms with van der Waals surface area (Å²) in [6, 6.07) is 5.78. The zero-order valence-corrected chi connectivity index (χ0v) is 10.5. The van der Waals surface area contributed by atoms with Crippen molar-refractivity contribution in [3.63, 3.8) is 0 Å². The number of fused-ring (bicyclic) bond motifs is 1. The molecule has 2 nitrogen and oxygen atoms in total. The molecule has 0 aromatic heterocycles. The molecule has 1 unspecified atom stereocenters. The molecule has 0 bridgehead atoms. The minimum absolute atomic E-state index is 0.236. The lowest BCUT2D eigenvalue weighted by atomic mass is 9.88. The fourth-order valence-electron chi connectivity index (χ4n) is 1.92. The first-order chi connectivity index (χ1) is 7.04. The molecular formula is C12H15BrO2. The number of rotatable bonds is 1. The topological polar surface area (TPSA) is 29.5 Å². The van der Waals surface area contributed by atoms with Gasteiger partial charge in [0.15, 0.2) is 0 Å². The first-order valence-electron chi connectivity index (χ1n) is 5.20. The SMILES string of the molecule is CCC1(C)C[C@@H](O)c2cc(Br)ccc2O1. The van der Waals surface area contributed by atoms with Gasteiger partial charge in [0.05, 0.1) is 6.10 Å². The molecule has 1 aromatic rings. The number of hydrogen-bond donors (Lipinski definition) is 1. The second-order valence-corrected chi connectivity index (χ2v) is 5.22. The highest BCUT2D eigenvalue weighted by Gasteiger charge is 2.35. The molecular weight excluding hydrogens is 256 g/mol. The highest BCUT2D eigenvalue weighted by atomic mass is 79.9. The van der Waals surface area contributed by atoms with Crippen LogP contribution in [0.4, 0.5) is 0 Å². The summed E-state index contributed by atoms with van der Waals surface area (Å²) in [4.78, 5) is 0. The third-order valence-corrected chi connectivity index (χ3v) is 3.55. The van der Waals surface area contributed by atoms with Crippen LogP contribution in [0.5, 0.6) is 5.75 Å². The van der Waals surface area contributed by atoms with Gasteiger partial charge in [-0.3, -0.25) is 0 Å². The molecule has 1 N–H and O–H groups in total. The normalized spacial score (nSPS) is 29.5. The summed E-state index contributed by atoms with van der Waals surface area (Å²) in [6.45, 7) is 4.12. The smallest absolute Gasteiger partial charge is 0.126 e. The summed E-state index contributed by atoms with van der Waals surface area (Å²) >= 11 is 3.40. The van der Waals surface area contributed by atoms with Crippen LogP contribution in [-0.2, 0) is 0 Å². The van der Waals surface area contributed by atoms with E-state index in [9.17, 15) is 5.11 Å². The van der Waals surface area contributed by atoms with Gasteiger partial charge in [0.25, 0.3) is 0 Å². The van der Waals surface area contributed by atoms with Gasteiger partial charge < -0.3 is 9.84 Å². The first kappa shape index (κ1) is 11.0. The van der Waals surface area contributed by atoms with E-state index >= 15 is 0 Å². The summed E-state index contributed by atoms with van der Waals surface area (Å²) in [7, 11) is 0. The number of aliphatic hydroxyl groups excluding tert-OH is 1. The van der Waals surface area contributed by atoms with E-state index in [0.717, 1.165) is 22.2 Å². The zero-order chi connectivity index (χ0) is 11.1. The Morgan fingerprint density at radius 1 is 1.60 bits per heavy atom. The van der Waals surface area contributed by atoms with E-state index in [4.69, 9.17) is 4.74 Å². The molecule has 0 aliphatic carbocycles. The second kappa shape index (κ2) is 3.80. The average molecular weight is 271 g/mol. The molecule has 1 heterocycles. The highest BCUT2D eigenvalue weighted by molar-refractivity contribution is 9.10. The summed E-state index contributed by atoms with van der Waals surface area (Å²) in [5.74, 6) is 0.807. The molecule has 0 saturated carbocycles. The summed E-state index contributed by atoms with van der Waals surface area (Å²) in [5, 5.41) is 10.1. The van der Waals surface area contributed by atoms with Crippen LogP contribution in [0, 0.1) is 0 Å². The van der Waals surface area contributed by atoms with E-state index in [1.54, 1.807) is 0 Å². The maximum atomic E-state index is 10.1. The highest BCUT2D eigenvalue weighted by Crippen LogP contribution is 2.41. The first-order valence-corrected chi connectivity index (χ1v) is 6.00. The predicted octanol–water partition coefficient (Wildman–Crippen LogP) is 3.43. The predicted molar refractivity (Wildman–Crippen MR) is 63.0 cm³/mol. The van der Waals surface area contributed by atoms with Crippen molar-refractivity contribution < 1.29 is 9.84 Å². The Balaban J connectivity index is 2.41. The largest absolute Gasteiger partial charge is 0.487 e. The Morgan fingerprint density at radius 3 is 3.00 bits per heavy atom. The van der Waals surface area contributed by atoms with Gasteiger partial charge in [0.1, 0.15) is 11.4 Å². The van der Waals surface area contributed by atoms with Gasteiger partial charge in [0, 0.05) is 16.5 Å². The number of benzene rings is 1. The van der Waals surface area contributed by atoms with Gasteiger partial charge in [-0.05, 0) is 31.5 Å². The van der Waals surface area contributed by atoms with Gasteiger partial charge in [-0.2, -0.15) is 0 Å². The molecule has 1 aromatic carbocycles. The quantitative estimate of drug-likeness (QED) is 0.847. The maximum absolute atomic E-state index is 10.1. The van der Waals surface area contributed by atoms with Crippen LogP contribution < -0.4 is 4.74 Å². The van der Waals surface area contributed by atoms with E-state index in [2.05, 4.69) is 22.9 Å². The van der Waals surface area contributed by atoms with E-state index in [0.29, 0.717) is 6.42 Å². The molecule has 0 amide bonds. The summed E-state index contributed by atoms with van der Waals surface area (Å²) in [5.41, 5.74) is 0.649. The third kappa shape index (κ3) is 2.04. The molecule has 15 heavy (non-hydrogen) atoms. The number of aliphatic hydroxyl groups is 1. The average Bonchev–Trinajstić information content (AvgIpc) is 2.20. The fourth-order valence-corrected chi connectivity index (χ4v) is 2.29. The Bertz CT molecular complexity index is 378.